The van der Waals surface area contributed by atoms with Gasteiger partial charge in [0.05, 0.1) is 11.7 Å². The summed E-state index contributed by atoms with van der Waals surface area (Å²) in [7, 11) is 0. The molecule has 1 N–H and O–H groups in total. The van der Waals surface area contributed by atoms with E-state index in [1.165, 1.54) is 83.6 Å². The summed E-state index contributed by atoms with van der Waals surface area (Å²) in [6, 6.07) is 0.847. The minimum absolute atomic E-state index is 0.275. The van der Waals surface area contributed by atoms with Crippen molar-refractivity contribution in [2.45, 2.75) is 94.8 Å². The number of hydrogen-bond acceptors (Lipinski definition) is 2. The highest BCUT2D eigenvalue weighted by molar-refractivity contribution is 4.92. The van der Waals surface area contributed by atoms with Crippen LogP contribution in [-0.2, 0) is 4.74 Å². The SMILES string of the molecule is C1CCCC(OC2(CCNC3CC3)CCC2)CC1. The smallest absolute Gasteiger partial charge is 0.0698 e. The van der Waals surface area contributed by atoms with Crippen LogP contribution < -0.4 is 5.32 Å². The lowest BCUT2D eigenvalue weighted by Crippen LogP contribution is -2.45. The molecule has 0 atom stereocenters. The van der Waals surface area contributed by atoms with Crippen molar-refractivity contribution >= 4 is 0 Å². The fourth-order valence-corrected chi connectivity index (χ4v) is 3.50. The second-order valence-corrected chi connectivity index (χ2v) is 6.75. The topological polar surface area (TPSA) is 21.3 Å². The highest BCUT2D eigenvalue weighted by atomic mass is 16.5. The predicted octanol–water partition coefficient (Wildman–Crippen LogP) is 3.79. The third-order valence-electron chi connectivity index (χ3n) is 5.07. The average molecular weight is 251 g/mol. The van der Waals surface area contributed by atoms with Crippen LogP contribution in [0.15, 0.2) is 0 Å². The van der Waals surface area contributed by atoms with E-state index in [0.717, 1.165) is 6.04 Å². The Morgan fingerprint density at radius 3 is 2.17 bits per heavy atom. The number of rotatable bonds is 6. The lowest BCUT2D eigenvalue weighted by Gasteiger charge is -2.44. The van der Waals surface area contributed by atoms with Gasteiger partial charge in [0.1, 0.15) is 0 Å². The van der Waals surface area contributed by atoms with Crippen molar-refractivity contribution in [2.24, 2.45) is 0 Å². The molecule has 0 saturated heterocycles. The quantitative estimate of drug-likeness (QED) is 0.725. The second-order valence-electron chi connectivity index (χ2n) is 6.75. The molecule has 2 nitrogen and oxygen atoms in total. The summed E-state index contributed by atoms with van der Waals surface area (Å²) in [5.74, 6) is 0. The molecule has 0 heterocycles. The molecule has 0 aromatic heterocycles. The largest absolute Gasteiger partial charge is 0.372 e. The molecular formula is C16H29NO. The Morgan fingerprint density at radius 2 is 1.61 bits per heavy atom. The van der Waals surface area contributed by atoms with Gasteiger partial charge in [-0.15, -0.1) is 0 Å². The molecule has 0 radical (unpaired) electrons. The van der Waals surface area contributed by atoms with Crippen LogP contribution in [0.25, 0.3) is 0 Å². The maximum absolute atomic E-state index is 6.56. The van der Waals surface area contributed by atoms with Gasteiger partial charge >= 0.3 is 0 Å². The van der Waals surface area contributed by atoms with Gasteiger partial charge in [-0.2, -0.15) is 0 Å². The first-order valence-electron chi connectivity index (χ1n) is 8.28. The average Bonchev–Trinajstić information content (AvgIpc) is 3.12. The van der Waals surface area contributed by atoms with E-state index in [2.05, 4.69) is 5.32 Å². The van der Waals surface area contributed by atoms with Gasteiger partial charge in [0.15, 0.2) is 0 Å². The first-order valence-corrected chi connectivity index (χ1v) is 8.28. The van der Waals surface area contributed by atoms with E-state index in [9.17, 15) is 0 Å². The Morgan fingerprint density at radius 1 is 0.889 bits per heavy atom. The minimum Gasteiger partial charge on any atom is -0.372 e. The summed E-state index contributed by atoms with van der Waals surface area (Å²) in [5, 5.41) is 3.65. The molecule has 0 bridgehead atoms. The summed E-state index contributed by atoms with van der Waals surface area (Å²) in [6.45, 7) is 1.18. The van der Waals surface area contributed by atoms with E-state index in [1.54, 1.807) is 0 Å². The van der Waals surface area contributed by atoms with Gasteiger partial charge in [-0.3, -0.25) is 0 Å². The number of ether oxygens (including phenoxy) is 1. The van der Waals surface area contributed by atoms with Crippen molar-refractivity contribution < 1.29 is 4.74 Å². The summed E-state index contributed by atoms with van der Waals surface area (Å²) in [5.41, 5.74) is 0.275. The molecule has 0 amide bonds. The highest BCUT2D eigenvalue weighted by Gasteiger charge is 2.39. The van der Waals surface area contributed by atoms with Gasteiger partial charge in [-0.05, 0) is 57.9 Å². The van der Waals surface area contributed by atoms with E-state index < -0.39 is 0 Å². The molecule has 3 aliphatic rings. The number of nitrogens with one attached hydrogen (secondary N) is 1. The van der Waals surface area contributed by atoms with Crippen LogP contribution in [0.5, 0.6) is 0 Å². The molecule has 0 aromatic rings. The predicted molar refractivity (Wildman–Crippen MR) is 74.8 cm³/mol. The maximum atomic E-state index is 6.56. The van der Waals surface area contributed by atoms with Crippen molar-refractivity contribution in [3.05, 3.63) is 0 Å². The number of hydrogen-bond donors (Lipinski definition) is 1. The maximum Gasteiger partial charge on any atom is 0.0698 e. The molecule has 3 aliphatic carbocycles. The summed E-state index contributed by atoms with van der Waals surface area (Å²) in [6.07, 6.45) is 16.9. The van der Waals surface area contributed by atoms with Crippen molar-refractivity contribution in [2.75, 3.05) is 6.54 Å². The molecule has 0 aliphatic heterocycles. The molecular weight excluding hydrogens is 222 g/mol. The molecule has 3 saturated carbocycles. The van der Waals surface area contributed by atoms with Gasteiger partial charge < -0.3 is 10.1 Å². The van der Waals surface area contributed by atoms with Crippen molar-refractivity contribution in [1.82, 2.24) is 5.32 Å². The molecule has 2 heteroatoms. The van der Waals surface area contributed by atoms with Crippen LogP contribution in [0.1, 0.15) is 77.0 Å². The van der Waals surface area contributed by atoms with Crippen molar-refractivity contribution in [1.29, 1.82) is 0 Å². The molecule has 3 fully saturated rings. The molecule has 0 unspecified atom stereocenters. The molecule has 18 heavy (non-hydrogen) atoms. The van der Waals surface area contributed by atoms with E-state index in [-0.39, 0.29) is 5.60 Å². The third-order valence-corrected chi connectivity index (χ3v) is 5.07. The highest BCUT2D eigenvalue weighted by Crippen LogP contribution is 2.41. The van der Waals surface area contributed by atoms with E-state index in [4.69, 9.17) is 4.74 Å². The zero-order chi connectivity index (χ0) is 12.3. The van der Waals surface area contributed by atoms with Gasteiger partial charge in [0.25, 0.3) is 0 Å². The standard InChI is InChI=1S/C16H29NO/c1-2-4-7-15(6-3-1)18-16(10-5-11-16)12-13-17-14-8-9-14/h14-15,17H,1-13H2. The lowest BCUT2D eigenvalue weighted by molar-refractivity contribution is -0.146. The van der Waals surface area contributed by atoms with Gasteiger partial charge in [0, 0.05) is 6.04 Å². The Bertz CT molecular complexity index is 250. The normalized spacial score (nSPS) is 28.7. The molecule has 0 spiro atoms. The Balaban J connectivity index is 1.44. The van der Waals surface area contributed by atoms with Gasteiger partial charge in [-0.25, -0.2) is 0 Å². The molecule has 0 aromatic carbocycles. The third kappa shape index (κ3) is 3.48. The van der Waals surface area contributed by atoms with Crippen LogP contribution >= 0.6 is 0 Å². The van der Waals surface area contributed by atoms with Crippen LogP contribution in [0.3, 0.4) is 0 Å². The first-order chi connectivity index (χ1) is 8.86. The van der Waals surface area contributed by atoms with Crippen molar-refractivity contribution in [3.8, 4) is 0 Å². The van der Waals surface area contributed by atoms with E-state index >= 15 is 0 Å². The Hall–Kier alpha value is -0.0800. The molecule has 104 valence electrons. The van der Waals surface area contributed by atoms with Crippen LogP contribution in [-0.4, -0.2) is 24.3 Å². The first kappa shape index (κ1) is 12.9. The second kappa shape index (κ2) is 5.92. The fourth-order valence-electron chi connectivity index (χ4n) is 3.50. The van der Waals surface area contributed by atoms with Crippen molar-refractivity contribution in [3.63, 3.8) is 0 Å². The minimum atomic E-state index is 0.275. The van der Waals surface area contributed by atoms with Crippen LogP contribution in [0, 0.1) is 0 Å². The zero-order valence-corrected chi connectivity index (χ0v) is 11.8. The summed E-state index contributed by atoms with van der Waals surface area (Å²) in [4.78, 5) is 0. The van der Waals surface area contributed by atoms with Gasteiger partial charge in [0.2, 0.25) is 0 Å². The van der Waals surface area contributed by atoms with Crippen LogP contribution in [0.2, 0.25) is 0 Å². The fraction of sp³-hybridized carbons (Fsp3) is 1.00. The van der Waals surface area contributed by atoms with E-state index in [1.807, 2.05) is 0 Å². The Labute approximate surface area is 112 Å². The van der Waals surface area contributed by atoms with E-state index in [0.29, 0.717) is 6.10 Å². The Kier molecular flexibility index (Phi) is 4.25. The molecule has 3 rings (SSSR count). The summed E-state index contributed by atoms with van der Waals surface area (Å²) >= 11 is 0. The lowest BCUT2D eigenvalue weighted by atomic mass is 9.77. The van der Waals surface area contributed by atoms with Gasteiger partial charge in [-0.1, -0.05) is 25.7 Å². The monoisotopic (exact) mass is 251 g/mol. The summed E-state index contributed by atoms with van der Waals surface area (Å²) < 4.78 is 6.56. The van der Waals surface area contributed by atoms with Crippen LogP contribution in [0.4, 0.5) is 0 Å². The zero-order valence-electron chi connectivity index (χ0n) is 11.8.